The minimum atomic E-state index is -1.05. The van der Waals surface area contributed by atoms with Gasteiger partial charge in [-0.2, -0.15) is 0 Å². The van der Waals surface area contributed by atoms with Gasteiger partial charge >= 0.3 is 5.97 Å². The number of carbonyl (C=O) groups is 3. The molecule has 2 rings (SSSR count). The summed E-state index contributed by atoms with van der Waals surface area (Å²) in [5, 5.41) is 8.93. The number of rotatable bonds is 7. The molecule has 1 aromatic rings. The van der Waals surface area contributed by atoms with Gasteiger partial charge in [-0.05, 0) is 25.5 Å². The Balaban J connectivity index is 1.74. The van der Waals surface area contributed by atoms with Crippen LogP contribution < -0.4 is 4.74 Å². The number of carboxylic acid groups (broad SMARTS) is 1. The van der Waals surface area contributed by atoms with Crippen molar-refractivity contribution < 1.29 is 29.0 Å². The molecule has 7 nitrogen and oxygen atoms in total. The van der Waals surface area contributed by atoms with Gasteiger partial charge in [0, 0.05) is 18.5 Å². The summed E-state index contributed by atoms with van der Waals surface area (Å²) in [4.78, 5) is 35.8. The third-order valence-corrected chi connectivity index (χ3v) is 3.74. The Kier molecular flexibility index (Phi) is 6.31. The van der Waals surface area contributed by atoms with E-state index < -0.39 is 12.1 Å². The monoisotopic (exact) mass is 335 g/mol. The molecule has 1 aliphatic heterocycles. The summed E-state index contributed by atoms with van der Waals surface area (Å²) in [6.07, 6.45) is -0.162. The highest BCUT2D eigenvalue weighted by molar-refractivity contribution is 5.94. The summed E-state index contributed by atoms with van der Waals surface area (Å²) >= 11 is 0. The molecule has 130 valence electrons. The first-order valence-corrected chi connectivity index (χ1v) is 7.83. The standard InChI is InChI=1S/C17H21NO6/c1-12(19)13-4-2-5-14(10-13)23-8-3-6-16(20)18-7-9-24-15(11-18)17(21)22/h2,4-5,10,15H,3,6-9,11H2,1H3,(H,21,22). The summed E-state index contributed by atoms with van der Waals surface area (Å²) in [6.45, 7) is 2.56. The third kappa shape index (κ3) is 5.06. The molecule has 1 unspecified atom stereocenters. The number of benzene rings is 1. The smallest absolute Gasteiger partial charge is 0.334 e. The van der Waals surface area contributed by atoms with Gasteiger partial charge in [0.2, 0.25) is 5.91 Å². The molecule has 1 amide bonds. The molecule has 1 fully saturated rings. The van der Waals surface area contributed by atoms with Gasteiger partial charge in [-0.1, -0.05) is 12.1 Å². The molecule has 0 radical (unpaired) electrons. The van der Waals surface area contributed by atoms with Gasteiger partial charge < -0.3 is 19.5 Å². The highest BCUT2D eigenvalue weighted by Crippen LogP contribution is 2.14. The molecule has 0 saturated carbocycles. The summed E-state index contributed by atoms with van der Waals surface area (Å²) in [7, 11) is 0. The van der Waals surface area contributed by atoms with Crippen LogP contribution in [0, 0.1) is 0 Å². The number of ether oxygens (including phenoxy) is 2. The van der Waals surface area contributed by atoms with Crippen molar-refractivity contribution in [2.75, 3.05) is 26.3 Å². The molecule has 1 aliphatic rings. The summed E-state index contributed by atoms with van der Waals surface area (Å²) in [5.74, 6) is -0.602. The van der Waals surface area contributed by atoms with Crippen molar-refractivity contribution in [3.05, 3.63) is 29.8 Å². The van der Waals surface area contributed by atoms with E-state index in [1.165, 1.54) is 11.8 Å². The van der Waals surface area contributed by atoms with Crippen LogP contribution in [0.15, 0.2) is 24.3 Å². The van der Waals surface area contributed by atoms with E-state index in [9.17, 15) is 14.4 Å². The Morgan fingerprint density at radius 3 is 2.88 bits per heavy atom. The number of aliphatic carboxylic acids is 1. The second-order valence-electron chi connectivity index (χ2n) is 5.57. The van der Waals surface area contributed by atoms with E-state index >= 15 is 0 Å². The zero-order valence-electron chi connectivity index (χ0n) is 13.6. The normalized spacial score (nSPS) is 17.4. The maximum atomic E-state index is 12.1. The van der Waals surface area contributed by atoms with Crippen molar-refractivity contribution in [1.82, 2.24) is 4.90 Å². The molecule has 0 aliphatic carbocycles. The Morgan fingerprint density at radius 1 is 1.38 bits per heavy atom. The SMILES string of the molecule is CC(=O)c1cccc(OCCCC(=O)N2CCOC(C(=O)O)C2)c1. The molecule has 1 aromatic carbocycles. The Hall–Kier alpha value is -2.41. The van der Waals surface area contributed by atoms with Crippen LogP contribution in [-0.4, -0.2) is 60.1 Å². The predicted molar refractivity (Wildman–Crippen MR) is 85.1 cm³/mol. The molecule has 0 aromatic heterocycles. The van der Waals surface area contributed by atoms with Crippen LogP contribution in [-0.2, 0) is 14.3 Å². The number of Topliss-reactive ketones (excluding diaryl/α,β-unsaturated/α-hetero) is 1. The zero-order valence-corrected chi connectivity index (χ0v) is 13.6. The van der Waals surface area contributed by atoms with E-state index in [4.69, 9.17) is 14.6 Å². The van der Waals surface area contributed by atoms with Crippen molar-refractivity contribution >= 4 is 17.7 Å². The fourth-order valence-electron chi connectivity index (χ4n) is 2.40. The maximum absolute atomic E-state index is 12.1. The lowest BCUT2D eigenvalue weighted by molar-refractivity contribution is -0.159. The molecular weight excluding hydrogens is 314 g/mol. The first-order chi connectivity index (χ1) is 11.5. The molecule has 1 heterocycles. The fourth-order valence-corrected chi connectivity index (χ4v) is 2.40. The van der Waals surface area contributed by atoms with E-state index in [2.05, 4.69) is 0 Å². The van der Waals surface area contributed by atoms with E-state index in [-0.39, 0.29) is 31.3 Å². The first-order valence-electron chi connectivity index (χ1n) is 7.83. The number of amides is 1. The molecule has 7 heteroatoms. The topological polar surface area (TPSA) is 93.1 Å². The fraction of sp³-hybridized carbons (Fsp3) is 0.471. The third-order valence-electron chi connectivity index (χ3n) is 3.74. The Bertz CT molecular complexity index is 615. The lowest BCUT2D eigenvalue weighted by Gasteiger charge is -2.30. The molecule has 0 spiro atoms. The first kappa shape index (κ1) is 17.9. The van der Waals surface area contributed by atoms with Gasteiger partial charge in [0.05, 0.1) is 19.8 Å². The molecule has 24 heavy (non-hydrogen) atoms. The van der Waals surface area contributed by atoms with Gasteiger partial charge in [0.15, 0.2) is 11.9 Å². The van der Waals surface area contributed by atoms with Gasteiger partial charge in [-0.3, -0.25) is 9.59 Å². The van der Waals surface area contributed by atoms with E-state index in [0.717, 1.165) is 0 Å². The van der Waals surface area contributed by atoms with Crippen LogP contribution in [0.5, 0.6) is 5.75 Å². The second kappa shape index (κ2) is 8.44. The zero-order chi connectivity index (χ0) is 17.5. The molecule has 0 bridgehead atoms. The summed E-state index contributed by atoms with van der Waals surface area (Å²) < 4.78 is 10.6. The minimum absolute atomic E-state index is 0.0315. The van der Waals surface area contributed by atoms with Crippen LogP contribution in [0.4, 0.5) is 0 Å². The van der Waals surface area contributed by atoms with Crippen molar-refractivity contribution in [2.24, 2.45) is 0 Å². The van der Waals surface area contributed by atoms with Gasteiger partial charge in [-0.15, -0.1) is 0 Å². The molecule has 1 saturated heterocycles. The van der Waals surface area contributed by atoms with Crippen LogP contribution in [0.25, 0.3) is 0 Å². The largest absolute Gasteiger partial charge is 0.494 e. The predicted octanol–water partition coefficient (Wildman–Crippen LogP) is 1.36. The van der Waals surface area contributed by atoms with Crippen LogP contribution >= 0.6 is 0 Å². The van der Waals surface area contributed by atoms with Gasteiger partial charge in [0.25, 0.3) is 0 Å². The number of hydrogen-bond acceptors (Lipinski definition) is 5. The minimum Gasteiger partial charge on any atom is -0.494 e. The van der Waals surface area contributed by atoms with Gasteiger partial charge in [-0.25, -0.2) is 4.79 Å². The second-order valence-corrected chi connectivity index (χ2v) is 5.57. The van der Waals surface area contributed by atoms with Crippen molar-refractivity contribution in [3.63, 3.8) is 0 Å². The average Bonchev–Trinajstić information content (AvgIpc) is 2.58. The quantitative estimate of drug-likeness (QED) is 0.597. The summed E-state index contributed by atoms with van der Waals surface area (Å²) in [6, 6.07) is 6.89. The van der Waals surface area contributed by atoms with E-state index in [0.29, 0.717) is 30.9 Å². The lowest BCUT2D eigenvalue weighted by atomic mass is 10.1. The lowest BCUT2D eigenvalue weighted by Crippen LogP contribution is -2.48. The van der Waals surface area contributed by atoms with Crippen molar-refractivity contribution in [3.8, 4) is 5.75 Å². The number of nitrogens with zero attached hydrogens (tertiary/aromatic N) is 1. The highest BCUT2D eigenvalue weighted by atomic mass is 16.5. The average molecular weight is 335 g/mol. The Morgan fingerprint density at radius 2 is 2.17 bits per heavy atom. The maximum Gasteiger partial charge on any atom is 0.334 e. The summed E-state index contributed by atoms with van der Waals surface area (Å²) in [5.41, 5.74) is 0.580. The van der Waals surface area contributed by atoms with E-state index in [1.54, 1.807) is 24.3 Å². The number of ketones is 1. The van der Waals surface area contributed by atoms with Crippen LogP contribution in [0.3, 0.4) is 0 Å². The molecule has 1 atom stereocenters. The van der Waals surface area contributed by atoms with Gasteiger partial charge in [0.1, 0.15) is 5.75 Å². The van der Waals surface area contributed by atoms with E-state index in [1.807, 2.05) is 0 Å². The molecule has 1 N–H and O–H groups in total. The number of morpholine rings is 1. The van der Waals surface area contributed by atoms with Crippen molar-refractivity contribution in [1.29, 1.82) is 0 Å². The number of hydrogen-bond donors (Lipinski definition) is 1. The van der Waals surface area contributed by atoms with Crippen LogP contribution in [0.1, 0.15) is 30.1 Å². The van der Waals surface area contributed by atoms with Crippen LogP contribution in [0.2, 0.25) is 0 Å². The Labute approximate surface area is 140 Å². The number of carboxylic acids is 1. The van der Waals surface area contributed by atoms with Crippen molar-refractivity contribution in [2.45, 2.75) is 25.9 Å². The molecular formula is C17H21NO6. The highest BCUT2D eigenvalue weighted by Gasteiger charge is 2.28. The number of carbonyl (C=O) groups excluding carboxylic acids is 2.